The van der Waals surface area contributed by atoms with Crippen LogP contribution in [0.1, 0.15) is 55.4 Å². The third-order valence-electron chi connectivity index (χ3n) is 5.81. The molecule has 0 radical (unpaired) electrons. The minimum absolute atomic E-state index is 0.0860. The molecule has 0 saturated heterocycles. The summed E-state index contributed by atoms with van der Waals surface area (Å²) < 4.78 is 5.94. The van der Waals surface area contributed by atoms with E-state index in [9.17, 15) is 9.59 Å². The van der Waals surface area contributed by atoms with E-state index < -0.39 is 6.04 Å². The van der Waals surface area contributed by atoms with Gasteiger partial charge in [-0.05, 0) is 68.4 Å². The lowest BCUT2D eigenvalue weighted by molar-refractivity contribution is -0.142. The number of hydrogen-bond donors (Lipinski definition) is 1. The number of nitrogens with zero attached hydrogens (tertiary/aromatic N) is 1. The van der Waals surface area contributed by atoms with Gasteiger partial charge in [-0.15, -0.1) is 0 Å². The lowest BCUT2D eigenvalue weighted by Crippen LogP contribution is -2.51. The number of hydrogen-bond acceptors (Lipinski definition) is 3. The summed E-state index contributed by atoms with van der Waals surface area (Å²) in [6.45, 7) is 11.1. The van der Waals surface area contributed by atoms with Crippen LogP contribution in [-0.4, -0.2) is 42.5 Å². The van der Waals surface area contributed by atoms with Gasteiger partial charge in [0.1, 0.15) is 11.8 Å². The first-order valence-corrected chi connectivity index (χ1v) is 11.7. The zero-order chi connectivity index (χ0) is 23.5. The fraction of sp³-hybridized carbons (Fsp3) is 0.481. The molecule has 0 aromatic heterocycles. The van der Waals surface area contributed by atoms with E-state index in [1.807, 2.05) is 64.1 Å². The summed E-state index contributed by atoms with van der Waals surface area (Å²) in [5.41, 5.74) is 4.40. The SMILES string of the molecule is CCCCNC(=O)[C@@H](CC)N(CCc1ccccc1)C(=O)COc1cc(C)cc(C)c1C. The molecule has 0 aliphatic heterocycles. The second-order valence-electron chi connectivity index (χ2n) is 8.38. The van der Waals surface area contributed by atoms with Crippen molar-refractivity contribution < 1.29 is 14.3 Å². The Hall–Kier alpha value is -2.82. The molecule has 0 unspecified atom stereocenters. The van der Waals surface area contributed by atoms with E-state index in [-0.39, 0.29) is 18.4 Å². The van der Waals surface area contributed by atoms with Crippen LogP contribution >= 0.6 is 0 Å². The molecule has 2 aromatic carbocycles. The van der Waals surface area contributed by atoms with E-state index in [0.717, 1.165) is 40.8 Å². The molecule has 1 atom stereocenters. The van der Waals surface area contributed by atoms with Gasteiger partial charge in [0.15, 0.2) is 6.61 Å². The standard InChI is InChI=1S/C27H38N2O3/c1-6-8-15-28-27(31)24(7-2)29(16-14-23-12-10-9-11-13-23)26(30)19-32-25-18-20(3)17-21(4)22(25)5/h9-13,17-18,24H,6-8,14-16,19H2,1-5H3,(H,28,31)/t24-/m1/s1. The summed E-state index contributed by atoms with van der Waals surface area (Å²) in [6, 6.07) is 13.6. The van der Waals surface area contributed by atoms with Gasteiger partial charge in [0.2, 0.25) is 5.91 Å². The zero-order valence-electron chi connectivity index (χ0n) is 20.2. The average Bonchev–Trinajstić information content (AvgIpc) is 2.78. The van der Waals surface area contributed by atoms with Crippen LogP contribution < -0.4 is 10.1 Å². The summed E-state index contributed by atoms with van der Waals surface area (Å²) in [5.74, 6) is 0.459. The van der Waals surface area contributed by atoms with Gasteiger partial charge in [0, 0.05) is 13.1 Å². The number of rotatable bonds is 12. The molecule has 174 valence electrons. The largest absolute Gasteiger partial charge is 0.483 e. The molecule has 0 bridgehead atoms. The highest BCUT2D eigenvalue weighted by molar-refractivity contribution is 5.88. The number of carbonyl (C=O) groups excluding carboxylic acids is 2. The van der Waals surface area contributed by atoms with Crippen molar-refractivity contribution in [2.45, 2.75) is 66.3 Å². The fourth-order valence-electron chi connectivity index (χ4n) is 3.78. The van der Waals surface area contributed by atoms with Gasteiger partial charge < -0.3 is 15.0 Å². The molecule has 0 saturated carbocycles. The molecule has 2 amide bonds. The second-order valence-corrected chi connectivity index (χ2v) is 8.38. The number of amides is 2. The first kappa shape index (κ1) is 25.4. The van der Waals surface area contributed by atoms with Crippen LogP contribution in [0.4, 0.5) is 0 Å². The number of aryl methyl sites for hydroxylation is 2. The Morgan fingerprint density at radius 1 is 1.06 bits per heavy atom. The normalized spacial score (nSPS) is 11.7. The molecule has 1 N–H and O–H groups in total. The highest BCUT2D eigenvalue weighted by Gasteiger charge is 2.28. The van der Waals surface area contributed by atoms with Crippen molar-refractivity contribution >= 4 is 11.8 Å². The number of ether oxygens (including phenoxy) is 1. The van der Waals surface area contributed by atoms with Gasteiger partial charge in [-0.3, -0.25) is 9.59 Å². The van der Waals surface area contributed by atoms with Crippen LogP contribution in [0.3, 0.4) is 0 Å². The van der Waals surface area contributed by atoms with Crippen LogP contribution in [0.15, 0.2) is 42.5 Å². The van der Waals surface area contributed by atoms with E-state index >= 15 is 0 Å². The van der Waals surface area contributed by atoms with Gasteiger partial charge in [0.25, 0.3) is 5.91 Å². The van der Waals surface area contributed by atoms with Crippen molar-refractivity contribution in [1.29, 1.82) is 0 Å². The molecule has 32 heavy (non-hydrogen) atoms. The molecule has 0 heterocycles. The number of carbonyl (C=O) groups is 2. The minimum Gasteiger partial charge on any atom is -0.483 e. The Morgan fingerprint density at radius 3 is 2.44 bits per heavy atom. The summed E-state index contributed by atoms with van der Waals surface area (Å²) in [7, 11) is 0. The average molecular weight is 439 g/mol. The molecule has 5 heteroatoms. The highest BCUT2D eigenvalue weighted by Crippen LogP contribution is 2.23. The second kappa shape index (κ2) is 12.9. The highest BCUT2D eigenvalue weighted by atomic mass is 16.5. The van der Waals surface area contributed by atoms with E-state index in [0.29, 0.717) is 25.9 Å². The fourth-order valence-corrected chi connectivity index (χ4v) is 3.78. The van der Waals surface area contributed by atoms with Gasteiger partial charge >= 0.3 is 0 Å². The number of benzene rings is 2. The number of nitrogens with one attached hydrogen (secondary N) is 1. The number of unbranched alkanes of at least 4 members (excludes halogenated alkanes) is 1. The summed E-state index contributed by atoms with van der Waals surface area (Å²) in [5, 5.41) is 2.99. The van der Waals surface area contributed by atoms with Gasteiger partial charge in [-0.25, -0.2) is 0 Å². The van der Waals surface area contributed by atoms with Gasteiger partial charge in [0.05, 0.1) is 0 Å². The first-order valence-electron chi connectivity index (χ1n) is 11.7. The van der Waals surface area contributed by atoms with E-state index in [1.54, 1.807) is 4.90 Å². The lowest BCUT2D eigenvalue weighted by atomic mass is 10.1. The zero-order valence-corrected chi connectivity index (χ0v) is 20.2. The van der Waals surface area contributed by atoms with Crippen molar-refractivity contribution in [1.82, 2.24) is 10.2 Å². The first-order chi connectivity index (χ1) is 15.4. The molecule has 0 aliphatic rings. The molecule has 0 fully saturated rings. The Bertz CT molecular complexity index is 880. The Balaban J connectivity index is 2.15. The lowest BCUT2D eigenvalue weighted by Gasteiger charge is -2.30. The molecular formula is C27H38N2O3. The van der Waals surface area contributed by atoms with Crippen LogP contribution in [-0.2, 0) is 16.0 Å². The monoisotopic (exact) mass is 438 g/mol. The van der Waals surface area contributed by atoms with Crippen molar-refractivity contribution in [2.75, 3.05) is 19.7 Å². The Kier molecular flexibility index (Phi) is 10.3. The summed E-state index contributed by atoms with van der Waals surface area (Å²) in [4.78, 5) is 27.8. The topological polar surface area (TPSA) is 58.6 Å². The molecule has 5 nitrogen and oxygen atoms in total. The smallest absolute Gasteiger partial charge is 0.261 e. The van der Waals surface area contributed by atoms with Crippen LogP contribution in [0, 0.1) is 20.8 Å². The predicted molar refractivity (Wildman–Crippen MR) is 130 cm³/mol. The quantitative estimate of drug-likeness (QED) is 0.486. The van der Waals surface area contributed by atoms with E-state index in [2.05, 4.69) is 18.3 Å². The van der Waals surface area contributed by atoms with E-state index in [4.69, 9.17) is 4.74 Å². The molecule has 2 aromatic rings. The molecule has 0 spiro atoms. The maximum Gasteiger partial charge on any atom is 0.261 e. The molecular weight excluding hydrogens is 400 g/mol. The maximum absolute atomic E-state index is 13.3. The van der Waals surface area contributed by atoms with Crippen molar-refractivity contribution in [2.24, 2.45) is 0 Å². The van der Waals surface area contributed by atoms with Crippen LogP contribution in [0.2, 0.25) is 0 Å². The minimum atomic E-state index is -0.507. The van der Waals surface area contributed by atoms with Crippen LogP contribution in [0.25, 0.3) is 0 Å². The predicted octanol–water partition coefficient (Wildman–Crippen LogP) is 4.76. The third kappa shape index (κ3) is 7.40. The third-order valence-corrected chi connectivity index (χ3v) is 5.81. The molecule has 2 rings (SSSR count). The summed E-state index contributed by atoms with van der Waals surface area (Å²) >= 11 is 0. The Labute approximate surface area is 193 Å². The van der Waals surface area contributed by atoms with Crippen molar-refractivity contribution in [3.63, 3.8) is 0 Å². The van der Waals surface area contributed by atoms with Gasteiger partial charge in [-0.1, -0.05) is 56.7 Å². The Morgan fingerprint density at radius 2 is 1.78 bits per heavy atom. The maximum atomic E-state index is 13.3. The summed E-state index contributed by atoms with van der Waals surface area (Å²) in [6.07, 6.45) is 3.18. The van der Waals surface area contributed by atoms with Crippen LogP contribution in [0.5, 0.6) is 5.75 Å². The van der Waals surface area contributed by atoms with E-state index in [1.165, 1.54) is 0 Å². The van der Waals surface area contributed by atoms with Crippen molar-refractivity contribution in [3.05, 3.63) is 64.7 Å². The van der Waals surface area contributed by atoms with Crippen molar-refractivity contribution in [3.8, 4) is 5.75 Å². The molecule has 0 aliphatic carbocycles. The van der Waals surface area contributed by atoms with Gasteiger partial charge in [-0.2, -0.15) is 0 Å².